The van der Waals surface area contributed by atoms with Crippen LogP contribution in [0.4, 0.5) is 11.6 Å². The first-order valence-electron chi connectivity index (χ1n) is 11.4. The summed E-state index contributed by atoms with van der Waals surface area (Å²) in [5, 5.41) is 0.849. The van der Waals surface area contributed by atoms with Crippen molar-refractivity contribution in [3.63, 3.8) is 0 Å². The lowest BCUT2D eigenvalue weighted by atomic mass is 9.97. The van der Waals surface area contributed by atoms with Gasteiger partial charge in [0, 0.05) is 43.9 Å². The lowest BCUT2D eigenvalue weighted by Crippen LogP contribution is -2.48. The monoisotopic (exact) mass is 454 g/mol. The van der Waals surface area contributed by atoms with Crippen LogP contribution in [0, 0.1) is 0 Å². The fourth-order valence-corrected chi connectivity index (χ4v) is 6.06. The number of benzene rings is 1. The molecule has 0 amide bonds. The van der Waals surface area contributed by atoms with Crippen molar-refractivity contribution in [3.05, 3.63) is 45.1 Å². The molecule has 0 unspecified atom stereocenters. The highest BCUT2D eigenvalue weighted by Crippen LogP contribution is 2.35. The van der Waals surface area contributed by atoms with Gasteiger partial charge in [0.05, 0.1) is 25.6 Å². The first-order chi connectivity index (χ1) is 15.7. The summed E-state index contributed by atoms with van der Waals surface area (Å²) in [6.45, 7) is 4.43. The number of nitrogens with zero attached hydrogens (tertiary/aromatic N) is 4. The second-order valence-corrected chi connectivity index (χ2v) is 9.51. The molecule has 2 aromatic heterocycles. The van der Waals surface area contributed by atoms with Crippen LogP contribution in [0.15, 0.2) is 29.1 Å². The van der Waals surface area contributed by atoms with Crippen molar-refractivity contribution < 1.29 is 9.47 Å². The van der Waals surface area contributed by atoms with Gasteiger partial charge < -0.3 is 19.3 Å². The Balaban J connectivity index is 1.44. The molecule has 2 aliphatic rings. The molecule has 5 rings (SSSR count). The molecule has 7 nitrogen and oxygen atoms in total. The number of ether oxygens (including phenoxy) is 2. The summed E-state index contributed by atoms with van der Waals surface area (Å²) in [6.07, 6.45) is 4.43. The summed E-state index contributed by atoms with van der Waals surface area (Å²) in [5.41, 5.74) is 2.53. The van der Waals surface area contributed by atoms with Gasteiger partial charge in [0.1, 0.15) is 10.6 Å². The standard InChI is InChI=1S/C24H30N4O3S/c1-30-16-15-28-23(29)21-19-5-3-4-6-20(19)32-22(21)25-24(28)27-13-11-26(12-14-27)17-7-9-18(31-2)10-8-17/h7-10H,3-6,11-16H2,1-2H3. The lowest BCUT2D eigenvalue weighted by Gasteiger charge is -2.37. The van der Waals surface area contributed by atoms with Gasteiger partial charge in [-0.05, 0) is 55.5 Å². The van der Waals surface area contributed by atoms with E-state index < -0.39 is 0 Å². The van der Waals surface area contributed by atoms with Crippen LogP contribution in [0.3, 0.4) is 0 Å². The molecular weight excluding hydrogens is 424 g/mol. The van der Waals surface area contributed by atoms with E-state index in [9.17, 15) is 4.79 Å². The molecule has 1 aromatic carbocycles. The van der Waals surface area contributed by atoms with Gasteiger partial charge in [0.25, 0.3) is 5.56 Å². The van der Waals surface area contributed by atoms with Crippen LogP contribution in [-0.2, 0) is 24.1 Å². The predicted octanol–water partition coefficient (Wildman–Crippen LogP) is 3.32. The zero-order valence-corrected chi connectivity index (χ0v) is 19.6. The second kappa shape index (κ2) is 9.11. The number of rotatable bonds is 6. The van der Waals surface area contributed by atoms with Crippen molar-refractivity contribution in [3.8, 4) is 5.75 Å². The Hall–Kier alpha value is -2.58. The number of hydrogen-bond acceptors (Lipinski definition) is 7. The van der Waals surface area contributed by atoms with Gasteiger partial charge >= 0.3 is 0 Å². The Bertz CT molecular complexity index is 1150. The summed E-state index contributed by atoms with van der Waals surface area (Å²) < 4.78 is 12.4. The zero-order valence-electron chi connectivity index (χ0n) is 18.8. The molecule has 170 valence electrons. The van der Waals surface area contributed by atoms with Crippen molar-refractivity contribution in [2.75, 3.05) is 56.8 Å². The molecule has 1 fully saturated rings. The molecule has 0 radical (unpaired) electrons. The Morgan fingerprint density at radius 2 is 1.72 bits per heavy atom. The smallest absolute Gasteiger partial charge is 0.264 e. The van der Waals surface area contributed by atoms with Crippen molar-refractivity contribution >= 4 is 33.2 Å². The zero-order chi connectivity index (χ0) is 22.1. The summed E-state index contributed by atoms with van der Waals surface area (Å²) in [5.74, 6) is 1.65. The van der Waals surface area contributed by atoms with Crippen molar-refractivity contribution in [2.45, 2.75) is 32.2 Å². The highest BCUT2D eigenvalue weighted by molar-refractivity contribution is 7.18. The molecule has 1 saturated heterocycles. The van der Waals surface area contributed by atoms with Crippen LogP contribution in [0.1, 0.15) is 23.3 Å². The molecular formula is C24H30N4O3S. The minimum atomic E-state index is 0.0963. The molecule has 3 heterocycles. The van der Waals surface area contributed by atoms with E-state index in [2.05, 4.69) is 21.9 Å². The number of anilines is 2. The maximum Gasteiger partial charge on any atom is 0.264 e. The lowest BCUT2D eigenvalue weighted by molar-refractivity contribution is 0.186. The largest absolute Gasteiger partial charge is 0.497 e. The number of methoxy groups -OCH3 is 2. The highest BCUT2D eigenvalue weighted by Gasteiger charge is 2.26. The molecule has 8 heteroatoms. The van der Waals surface area contributed by atoms with Gasteiger partial charge in [-0.3, -0.25) is 9.36 Å². The van der Waals surface area contributed by atoms with Gasteiger partial charge in [-0.1, -0.05) is 0 Å². The van der Waals surface area contributed by atoms with E-state index in [1.807, 2.05) is 16.7 Å². The maximum absolute atomic E-state index is 13.6. The Labute approximate surface area is 192 Å². The van der Waals surface area contributed by atoms with Crippen LogP contribution in [0.25, 0.3) is 10.2 Å². The van der Waals surface area contributed by atoms with E-state index in [1.165, 1.54) is 22.5 Å². The summed E-state index contributed by atoms with van der Waals surface area (Å²) >= 11 is 1.72. The third kappa shape index (κ3) is 3.86. The van der Waals surface area contributed by atoms with Crippen LogP contribution < -0.4 is 20.1 Å². The Morgan fingerprint density at radius 3 is 2.44 bits per heavy atom. The Morgan fingerprint density at radius 1 is 1.00 bits per heavy atom. The van der Waals surface area contributed by atoms with E-state index in [1.54, 1.807) is 25.6 Å². The third-order valence-corrected chi connectivity index (χ3v) is 7.76. The third-order valence-electron chi connectivity index (χ3n) is 6.57. The molecule has 0 spiro atoms. The van der Waals surface area contributed by atoms with Crippen LogP contribution >= 0.6 is 11.3 Å². The highest BCUT2D eigenvalue weighted by atomic mass is 32.1. The van der Waals surface area contributed by atoms with Gasteiger partial charge in [-0.2, -0.15) is 0 Å². The first-order valence-corrected chi connectivity index (χ1v) is 12.2. The molecule has 0 bridgehead atoms. The fraction of sp³-hybridized carbons (Fsp3) is 0.500. The summed E-state index contributed by atoms with van der Waals surface area (Å²) in [6, 6.07) is 8.20. The van der Waals surface area contributed by atoms with E-state index in [0.717, 1.165) is 67.4 Å². The van der Waals surface area contributed by atoms with Crippen molar-refractivity contribution in [1.82, 2.24) is 9.55 Å². The molecule has 0 atom stereocenters. The number of aryl methyl sites for hydroxylation is 2. The molecule has 1 aliphatic heterocycles. The predicted molar refractivity (Wildman–Crippen MR) is 130 cm³/mol. The van der Waals surface area contributed by atoms with Gasteiger partial charge in [-0.25, -0.2) is 4.98 Å². The van der Waals surface area contributed by atoms with E-state index in [-0.39, 0.29) is 5.56 Å². The normalized spacial score (nSPS) is 16.4. The fourth-order valence-electron chi connectivity index (χ4n) is 4.81. The molecule has 3 aromatic rings. The molecule has 1 aliphatic carbocycles. The summed E-state index contributed by atoms with van der Waals surface area (Å²) in [4.78, 5) is 25.5. The number of hydrogen-bond donors (Lipinski definition) is 0. The van der Waals surface area contributed by atoms with Crippen LogP contribution in [-0.4, -0.2) is 56.6 Å². The SMILES string of the molecule is COCCn1c(N2CCN(c3ccc(OC)cc3)CC2)nc2sc3c(c2c1=O)CCCC3. The minimum absolute atomic E-state index is 0.0963. The quantitative estimate of drug-likeness (QED) is 0.570. The maximum atomic E-state index is 13.6. The van der Waals surface area contributed by atoms with Gasteiger partial charge in [-0.15, -0.1) is 11.3 Å². The van der Waals surface area contributed by atoms with E-state index >= 15 is 0 Å². The number of fused-ring (bicyclic) bond motifs is 3. The van der Waals surface area contributed by atoms with Crippen molar-refractivity contribution in [2.24, 2.45) is 0 Å². The first kappa shape index (κ1) is 21.3. The van der Waals surface area contributed by atoms with Gasteiger partial charge in [0.15, 0.2) is 0 Å². The Kier molecular flexibility index (Phi) is 6.06. The van der Waals surface area contributed by atoms with Gasteiger partial charge in [0.2, 0.25) is 5.95 Å². The van der Waals surface area contributed by atoms with Crippen molar-refractivity contribution in [1.29, 1.82) is 0 Å². The molecule has 32 heavy (non-hydrogen) atoms. The summed E-state index contributed by atoms with van der Waals surface area (Å²) in [7, 11) is 3.36. The molecule has 0 saturated carbocycles. The number of thiophene rings is 1. The minimum Gasteiger partial charge on any atom is -0.497 e. The second-order valence-electron chi connectivity index (χ2n) is 8.42. The average Bonchev–Trinajstić information content (AvgIpc) is 3.22. The number of aromatic nitrogens is 2. The topological polar surface area (TPSA) is 59.8 Å². The molecule has 0 N–H and O–H groups in total. The van der Waals surface area contributed by atoms with Crippen LogP contribution in [0.5, 0.6) is 5.75 Å². The van der Waals surface area contributed by atoms with E-state index in [0.29, 0.717) is 13.2 Å². The number of piperazine rings is 1. The average molecular weight is 455 g/mol. The van der Waals surface area contributed by atoms with E-state index in [4.69, 9.17) is 14.5 Å². The van der Waals surface area contributed by atoms with Crippen LogP contribution in [0.2, 0.25) is 0 Å².